The van der Waals surface area contributed by atoms with E-state index in [2.05, 4.69) is 4.98 Å². The van der Waals surface area contributed by atoms with Crippen molar-refractivity contribution >= 4 is 5.97 Å². The molecule has 1 aliphatic rings. The first-order valence-electron chi connectivity index (χ1n) is 7.72. The Hall–Kier alpha value is -2.34. The highest BCUT2D eigenvalue weighted by atomic mass is 19.3. The van der Waals surface area contributed by atoms with Crippen LogP contribution in [0.15, 0.2) is 42.5 Å². The highest BCUT2D eigenvalue weighted by Gasteiger charge is 2.31. The van der Waals surface area contributed by atoms with Crippen LogP contribution in [-0.2, 0) is 23.8 Å². The summed E-state index contributed by atoms with van der Waals surface area (Å²) < 4.78 is 26.8. The van der Waals surface area contributed by atoms with Crippen molar-refractivity contribution in [1.82, 2.24) is 9.88 Å². The van der Waals surface area contributed by atoms with E-state index in [9.17, 15) is 18.7 Å². The van der Waals surface area contributed by atoms with Crippen LogP contribution in [0.3, 0.4) is 0 Å². The van der Waals surface area contributed by atoms with Gasteiger partial charge < -0.3 is 5.11 Å². The van der Waals surface area contributed by atoms with E-state index in [1.807, 2.05) is 29.2 Å². The van der Waals surface area contributed by atoms with Crippen molar-refractivity contribution in [3.05, 3.63) is 65.0 Å². The monoisotopic (exact) mass is 332 g/mol. The third-order valence-corrected chi connectivity index (χ3v) is 4.21. The van der Waals surface area contributed by atoms with Gasteiger partial charge >= 0.3 is 5.97 Å². The Kier molecular flexibility index (Phi) is 4.32. The van der Waals surface area contributed by atoms with Gasteiger partial charge in [-0.2, -0.15) is 8.78 Å². The van der Waals surface area contributed by atoms with E-state index >= 15 is 0 Å². The van der Waals surface area contributed by atoms with Crippen molar-refractivity contribution < 1.29 is 18.7 Å². The van der Waals surface area contributed by atoms with E-state index in [-0.39, 0.29) is 5.69 Å². The fourth-order valence-electron chi connectivity index (χ4n) is 3.05. The molecule has 0 saturated carbocycles. The second-order valence-corrected chi connectivity index (χ2v) is 6.16. The van der Waals surface area contributed by atoms with E-state index in [0.29, 0.717) is 25.3 Å². The van der Waals surface area contributed by atoms with Gasteiger partial charge in [-0.25, -0.2) is 0 Å². The average molecular weight is 332 g/mol. The highest BCUT2D eigenvalue weighted by Crippen LogP contribution is 2.30. The first-order valence-corrected chi connectivity index (χ1v) is 7.72. The van der Waals surface area contributed by atoms with E-state index in [1.54, 1.807) is 12.1 Å². The summed E-state index contributed by atoms with van der Waals surface area (Å²) in [4.78, 5) is 17.5. The molecule has 0 fully saturated rings. The topological polar surface area (TPSA) is 53.4 Å². The zero-order valence-corrected chi connectivity index (χ0v) is 13.2. The lowest BCUT2D eigenvalue weighted by atomic mass is 9.90. The molecule has 0 bridgehead atoms. The molecule has 3 rings (SSSR count). The quantitative estimate of drug-likeness (QED) is 0.933. The van der Waals surface area contributed by atoms with Crippen molar-refractivity contribution in [3.8, 4) is 0 Å². The molecule has 1 aromatic heterocycles. The Balaban J connectivity index is 1.83. The van der Waals surface area contributed by atoms with Crippen molar-refractivity contribution in [2.24, 2.45) is 0 Å². The molecule has 1 N–H and O–H groups in total. The zero-order valence-electron chi connectivity index (χ0n) is 13.2. The predicted octanol–water partition coefficient (Wildman–Crippen LogP) is 3.38. The number of hydrogen-bond acceptors (Lipinski definition) is 3. The molecular formula is C18H18F2N2O2. The number of aliphatic carboxylic acids is 1. The van der Waals surface area contributed by atoms with Gasteiger partial charge in [0.2, 0.25) is 0 Å². The van der Waals surface area contributed by atoms with Gasteiger partial charge in [0.1, 0.15) is 5.69 Å². The summed E-state index contributed by atoms with van der Waals surface area (Å²) in [6, 6.07) is 12.0. The molecule has 2 aromatic rings. The molecular weight excluding hydrogens is 314 g/mol. The lowest BCUT2D eigenvalue weighted by Gasteiger charge is -2.32. The number of carbonyl (C=O) groups is 1. The number of pyridine rings is 1. The number of fused-ring (bicyclic) bond motifs is 1. The van der Waals surface area contributed by atoms with E-state index in [0.717, 1.165) is 18.1 Å². The second-order valence-electron chi connectivity index (χ2n) is 6.16. The summed E-state index contributed by atoms with van der Waals surface area (Å²) in [6.07, 6.45) is 0. The summed E-state index contributed by atoms with van der Waals surface area (Å²) in [5.41, 5.74) is 2.01. The first-order chi connectivity index (χ1) is 11.3. The molecule has 1 unspecified atom stereocenters. The molecule has 0 radical (unpaired) electrons. The number of hydrogen-bond donors (Lipinski definition) is 1. The maximum atomic E-state index is 13.4. The van der Waals surface area contributed by atoms with Crippen LogP contribution in [-0.4, -0.2) is 27.5 Å². The van der Waals surface area contributed by atoms with Gasteiger partial charge in [-0.3, -0.25) is 14.7 Å². The second kappa shape index (κ2) is 6.28. The standard InChI is InChI=1S/C18H18F2N2O2/c1-18(19,20)16-8-4-6-13(21-16)10-22-9-12-5-2-3-7-14(12)15(11-22)17(23)24/h2-8,15H,9-11H2,1H3,(H,23,24). The van der Waals surface area contributed by atoms with E-state index < -0.39 is 17.8 Å². The molecule has 0 amide bonds. The van der Waals surface area contributed by atoms with Gasteiger partial charge in [0, 0.05) is 26.6 Å². The zero-order chi connectivity index (χ0) is 17.3. The highest BCUT2D eigenvalue weighted by molar-refractivity contribution is 5.77. The van der Waals surface area contributed by atoms with Gasteiger partial charge in [0.05, 0.1) is 11.6 Å². The molecule has 6 heteroatoms. The third-order valence-electron chi connectivity index (χ3n) is 4.21. The number of alkyl halides is 2. The van der Waals surface area contributed by atoms with Gasteiger partial charge in [0.25, 0.3) is 5.92 Å². The van der Waals surface area contributed by atoms with Gasteiger partial charge in [-0.15, -0.1) is 0 Å². The fraction of sp³-hybridized carbons (Fsp3) is 0.333. The normalized spacial score (nSPS) is 18.2. The fourth-order valence-corrected chi connectivity index (χ4v) is 3.05. The van der Waals surface area contributed by atoms with Gasteiger partial charge in [-0.05, 0) is 23.3 Å². The van der Waals surface area contributed by atoms with Gasteiger partial charge in [0.15, 0.2) is 0 Å². The van der Waals surface area contributed by atoms with Crippen LogP contribution in [0.1, 0.15) is 35.4 Å². The molecule has 0 saturated heterocycles. The Bertz CT molecular complexity index is 759. The lowest BCUT2D eigenvalue weighted by molar-refractivity contribution is -0.139. The van der Waals surface area contributed by atoms with Crippen LogP contribution >= 0.6 is 0 Å². The molecule has 4 nitrogen and oxygen atoms in total. The molecule has 0 aliphatic carbocycles. The number of halogens is 2. The molecule has 24 heavy (non-hydrogen) atoms. The average Bonchev–Trinajstić information content (AvgIpc) is 2.53. The maximum Gasteiger partial charge on any atom is 0.312 e. The van der Waals surface area contributed by atoms with Crippen molar-refractivity contribution in [1.29, 1.82) is 0 Å². The van der Waals surface area contributed by atoms with Crippen molar-refractivity contribution in [2.75, 3.05) is 6.54 Å². The van der Waals surface area contributed by atoms with Crippen LogP contribution < -0.4 is 0 Å². The smallest absolute Gasteiger partial charge is 0.312 e. The van der Waals surface area contributed by atoms with Crippen molar-refractivity contribution in [3.63, 3.8) is 0 Å². The molecule has 1 aromatic carbocycles. The van der Waals surface area contributed by atoms with Crippen molar-refractivity contribution in [2.45, 2.75) is 31.9 Å². The number of aromatic nitrogens is 1. The van der Waals surface area contributed by atoms with E-state index in [4.69, 9.17) is 0 Å². The van der Waals surface area contributed by atoms with Crippen LogP contribution in [0.2, 0.25) is 0 Å². The minimum Gasteiger partial charge on any atom is -0.481 e. The predicted molar refractivity (Wildman–Crippen MR) is 84.7 cm³/mol. The molecule has 1 atom stereocenters. The van der Waals surface area contributed by atoms with E-state index in [1.165, 1.54) is 6.07 Å². The largest absolute Gasteiger partial charge is 0.481 e. The van der Waals surface area contributed by atoms with Crippen LogP contribution in [0.25, 0.3) is 0 Å². The van der Waals surface area contributed by atoms with Crippen LogP contribution in [0.4, 0.5) is 8.78 Å². The molecule has 2 heterocycles. The number of carboxylic acids is 1. The van der Waals surface area contributed by atoms with Crippen LogP contribution in [0.5, 0.6) is 0 Å². The summed E-state index contributed by atoms with van der Waals surface area (Å²) >= 11 is 0. The van der Waals surface area contributed by atoms with Gasteiger partial charge in [-0.1, -0.05) is 30.3 Å². The lowest BCUT2D eigenvalue weighted by Crippen LogP contribution is -2.36. The number of benzene rings is 1. The molecule has 126 valence electrons. The summed E-state index contributed by atoms with van der Waals surface area (Å²) in [5, 5.41) is 9.48. The third kappa shape index (κ3) is 3.43. The summed E-state index contributed by atoms with van der Waals surface area (Å²) in [7, 11) is 0. The Morgan fingerprint density at radius 1 is 1.29 bits per heavy atom. The minimum atomic E-state index is -2.99. The maximum absolute atomic E-state index is 13.4. The first kappa shape index (κ1) is 16.5. The Morgan fingerprint density at radius 3 is 2.75 bits per heavy atom. The number of nitrogens with zero attached hydrogens (tertiary/aromatic N) is 2. The Morgan fingerprint density at radius 2 is 2.04 bits per heavy atom. The number of rotatable bonds is 4. The van der Waals surface area contributed by atoms with Crippen LogP contribution in [0, 0.1) is 0 Å². The summed E-state index contributed by atoms with van der Waals surface area (Å²) in [6.45, 7) is 2.06. The Labute approximate surface area is 138 Å². The molecule has 0 spiro atoms. The number of carboxylic acid groups (broad SMARTS) is 1. The molecule has 1 aliphatic heterocycles. The minimum absolute atomic E-state index is 0.271. The summed E-state index contributed by atoms with van der Waals surface area (Å²) in [5.74, 6) is -4.49. The SMILES string of the molecule is CC(F)(F)c1cccc(CN2Cc3ccccc3C(C(=O)O)C2)n1.